The van der Waals surface area contributed by atoms with Crippen LogP contribution in [0.1, 0.15) is 5.76 Å². The van der Waals surface area contributed by atoms with Gasteiger partial charge >= 0.3 is 13.2 Å². The zero-order valence-electron chi connectivity index (χ0n) is 15.5. The number of nitrogens with one attached hydrogen (secondary N) is 1. The van der Waals surface area contributed by atoms with Crippen LogP contribution in [0, 0.1) is 0 Å². The van der Waals surface area contributed by atoms with E-state index in [9.17, 15) is 9.36 Å². The number of nitrogens with two attached hydrogens (primary N) is 1. The first-order valence-electron chi connectivity index (χ1n) is 8.85. The van der Waals surface area contributed by atoms with Crippen LogP contribution < -0.4 is 15.9 Å². The monoisotopic (exact) mass is 450 g/mol. The molecule has 0 aliphatic heterocycles. The zero-order valence-corrected chi connectivity index (χ0v) is 17.2. The van der Waals surface area contributed by atoms with Gasteiger partial charge < -0.3 is 19.9 Å². The molecule has 0 atom stereocenters. The van der Waals surface area contributed by atoms with Crippen molar-refractivity contribution in [2.24, 2.45) is 0 Å². The van der Waals surface area contributed by atoms with Crippen LogP contribution in [0.15, 0.2) is 52.0 Å². The van der Waals surface area contributed by atoms with E-state index in [1.807, 2.05) is 6.07 Å². The van der Waals surface area contributed by atoms with E-state index in [4.69, 9.17) is 31.5 Å². The van der Waals surface area contributed by atoms with Crippen molar-refractivity contribution in [2.75, 3.05) is 11.9 Å². The molecule has 10 nitrogen and oxygen atoms in total. The number of aromatic nitrogens is 4. The summed E-state index contributed by atoms with van der Waals surface area (Å²) in [6.45, 7) is 0.506. The second kappa shape index (κ2) is 7.73. The van der Waals surface area contributed by atoms with Crippen LogP contribution >= 0.6 is 19.2 Å². The van der Waals surface area contributed by atoms with Gasteiger partial charge in [0.2, 0.25) is 5.52 Å². The number of benzene rings is 1. The van der Waals surface area contributed by atoms with Crippen molar-refractivity contribution in [3.05, 3.63) is 63.9 Å². The van der Waals surface area contributed by atoms with E-state index in [1.165, 1.54) is 6.08 Å². The zero-order chi connectivity index (χ0) is 21.5. The third-order valence-electron chi connectivity index (χ3n) is 4.40. The highest BCUT2D eigenvalue weighted by Crippen LogP contribution is 2.33. The smallest absolute Gasteiger partial charge is 0.329 e. The number of hydrogen-bond acceptors (Lipinski definition) is 5. The van der Waals surface area contributed by atoms with Gasteiger partial charge in [-0.15, -0.1) is 0 Å². The Morgan fingerprint density at radius 2 is 2.13 bits per heavy atom. The van der Waals surface area contributed by atoms with Crippen molar-refractivity contribution < 1.29 is 23.3 Å². The number of allylic oxidation sites excluding steroid dienone is 2. The van der Waals surface area contributed by atoms with Crippen molar-refractivity contribution in [3.63, 3.8) is 0 Å². The molecule has 4 aromatic rings. The van der Waals surface area contributed by atoms with Crippen molar-refractivity contribution in [1.82, 2.24) is 14.5 Å². The van der Waals surface area contributed by atoms with Gasteiger partial charge in [-0.1, -0.05) is 28.7 Å². The molecule has 0 radical (unpaired) electrons. The second-order valence-electron chi connectivity index (χ2n) is 6.73. The molecule has 0 saturated carbocycles. The number of anilines is 1. The third-order valence-corrected chi connectivity index (χ3v) is 5.32. The van der Waals surface area contributed by atoms with Gasteiger partial charge in [-0.25, -0.2) is 9.13 Å². The molecule has 0 unspecified atom stereocenters. The molecule has 0 amide bonds. The average molecular weight is 451 g/mol. The highest BCUT2D eigenvalue weighted by molar-refractivity contribution is 7.51. The Kier molecular flexibility index (Phi) is 5.25. The lowest BCUT2D eigenvalue weighted by molar-refractivity contribution is -0.663. The Morgan fingerprint density at radius 3 is 2.90 bits per heavy atom. The summed E-state index contributed by atoms with van der Waals surface area (Å²) in [4.78, 5) is 37.1. The maximum atomic E-state index is 12.5. The number of imidazole rings is 1. The van der Waals surface area contributed by atoms with E-state index < -0.39 is 13.2 Å². The Morgan fingerprint density at radius 1 is 1.33 bits per heavy atom. The minimum absolute atomic E-state index is 0.0309. The Hall–Kier alpha value is -2.91. The van der Waals surface area contributed by atoms with Gasteiger partial charge in [-0.3, -0.25) is 14.3 Å². The molecule has 12 heteroatoms. The maximum Gasteiger partial charge on any atom is 0.329 e. The quantitative estimate of drug-likeness (QED) is 0.198. The molecule has 0 aliphatic rings. The number of rotatable bonds is 6. The van der Waals surface area contributed by atoms with E-state index in [0.29, 0.717) is 27.5 Å². The highest BCUT2D eigenvalue weighted by Gasteiger charge is 2.22. The average Bonchev–Trinajstić information content (AvgIpc) is 3.18. The normalized spacial score (nSPS) is 12.5. The summed E-state index contributed by atoms with van der Waals surface area (Å²) in [5.41, 5.74) is 6.60. The van der Waals surface area contributed by atoms with Gasteiger partial charge in [0.1, 0.15) is 17.9 Å². The van der Waals surface area contributed by atoms with Crippen LogP contribution in [-0.2, 0) is 17.7 Å². The molecule has 0 aliphatic carbocycles. The maximum absolute atomic E-state index is 12.5. The summed E-state index contributed by atoms with van der Waals surface area (Å²) >= 11 is 6.02. The predicted molar refractivity (Wildman–Crippen MR) is 111 cm³/mol. The van der Waals surface area contributed by atoms with Crippen LogP contribution in [0.25, 0.3) is 22.1 Å². The minimum Gasteiger partial charge on any atom is -0.458 e. The SMILES string of the molecule is Nc1nc2c(c(=O)[nH]1)n(Cc1cc3cc(Cl)ccc3o1)c[n+]2C/C=C\CP(=O)(O)O. The van der Waals surface area contributed by atoms with E-state index in [0.717, 1.165) is 5.39 Å². The molecule has 1 aromatic carbocycles. The number of furan rings is 1. The number of nitrogen functional groups attached to an aromatic ring is 1. The van der Waals surface area contributed by atoms with Gasteiger partial charge in [-0.2, -0.15) is 0 Å². The number of nitrogens with zero attached hydrogens (tertiary/aromatic N) is 3. The Balaban J connectivity index is 1.71. The van der Waals surface area contributed by atoms with E-state index in [-0.39, 0.29) is 25.2 Å². The summed E-state index contributed by atoms with van der Waals surface area (Å²) in [6, 6.07) is 7.14. The minimum atomic E-state index is -4.12. The van der Waals surface area contributed by atoms with Crippen LogP contribution in [0.2, 0.25) is 5.02 Å². The number of hydrogen-bond donors (Lipinski definition) is 4. The summed E-state index contributed by atoms with van der Waals surface area (Å²) < 4.78 is 20.2. The Bertz CT molecular complexity index is 1380. The lowest BCUT2D eigenvalue weighted by Gasteiger charge is -1.97. The van der Waals surface area contributed by atoms with Gasteiger partial charge in [0.05, 0.1) is 12.7 Å². The van der Waals surface area contributed by atoms with Crippen LogP contribution in [0.4, 0.5) is 5.95 Å². The fraction of sp³-hybridized carbons (Fsp3) is 0.167. The van der Waals surface area contributed by atoms with Crippen molar-refractivity contribution in [1.29, 1.82) is 0 Å². The molecule has 5 N–H and O–H groups in total. The van der Waals surface area contributed by atoms with Crippen LogP contribution in [0.3, 0.4) is 0 Å². The molecule has 30 heavy (non-hydrogen) atoms. The Labute approximate surface area is 174 Å². The molecule has 0 saturated heterocycles. The lowest BCUT2D eigenvalue weighted by atomic mass is 10.2. The van der Waals surface area contributed by atoms with Crippen molar-refractivity contribution in [2.45, 2.75) is 13.1 Å². The molecular formula is C18H18ClN5O5P+. The second-order valence-corrected chi connectivity index (χ2v) is 8.86. The summed E-state index contributed by atoms with van der Waals surface area (Å²) in [6.07, 6.45) is 4.28. The summed E-state index contributed by atoms with van der Waals surface area (Å²) in [5, 5.41) is 1.44. The van der Waals surface area contributed by atoms with Gasteiger partial charge in [0.15, 0.2) is 6.33 Å². The molecule has 4 rings (SSSR count). The third kappa shape index (κ3) is 4.31. The van der Waals surface area contributed by atoms with Crippen molar-refractivity contribution in [3.8, 4) is 0 Å². The molecule has 156 valence electrons. The van der Waals surface area contributed by atoms with E-state index >= 15 is 0 Å². The lowest BCUT2D eigenvalue weighted by Crippen LogP contribution is -2.32. The van der Waals surface area contributed by atoms with Gasteiger partial charge in [-0.05, 0) is 24.3 Å². The van der Waals surface area contributed by atoms with Gasteiger partial charge in [0, 0.05) is 10.4 Å². The molecule has 0 bridgehead atoms. The number of fused-ring (bicyclic) bond motifs is 2. The molecular weight excluding hydrogens is 433 g/mol. The molecule has 3 heterocycles. The number of halogens is 1. The fourth-order valence-corrected chi connectivity index (χ4v) is 3.78. The molecule has 3 aromatic heterocycles. The largest absolute Gasteiger partial charge is 0.458 e. The topological polar surface area (TPSA) is 151 Å². The van der Waals surface area contributed by atoms with Crippen LogP contribution in [-0.4, -0.2) is 30.5 Å². The van der Waals surface area contributed by atoms with E-state index in [2.05, 4.69) is 9.97 Å². The van der Waals surface area contributed by atoms with Gasteiger partial charge in [0.25, 0.3) is 11.5 Å². The van der Waals surface area contributed by atoms with Crippen LogP contribution in [0.5, 0.6) is 0 Å². The predicted octanol–water partition coefficient (Wildman–Crippen LogP) is 1.78. The van der Waals surface area contributed by atoms with Crippen molar-refractivity contribution >= 4 is 47.3 Å². The number of H-pyrrole nitrogens is 1. The molecule has 0 fully saturated rings. The fourth-order valence-electron chi connectivity index (χ4n) is 3.18. The van der Waals surface area contributed by atoms with E-state index in [1.54, 1.807) is 39.7 Å². The first-order valence-corrected chi connectivity index (χ1v) is 11.0. The summed E-state index contributed by atoms with van der Waals surface area (Å²) in [5.74, 6) is 0.584. The summed E-state index contributed by atoms with van der Waals surface area (Å²) in [7, 11) is -4.12. The number of aromatic amines is 1. The first-order chi connectivity index (χ1) is 14.2. The standard InChI is InChI=1S/C18H17ClN5O5P/c19-12-3-4-14-11(7-12)8-13(29-14)9-24-10-23(5-1-2-6-30(26,27)28)16-15(24)17(25)22-18(20)21-16/h1-4,7-8,10H,5-6,9H2,(H4-,20,21,22,25,26,27,28)/p+1/b2-1-. The first kappa shape index (κ1) is 20.4. The molecule has 0 spiro atoms. The highest BCUT2D eigenvalue weighted by atomic mass is 35.5.